The minimum Gasteiger partial charge on any atom is -0.507 e. The third kappa shape index (κ3) is 2.02. The molecule has 0 spiro atoms. The average Bonchev–Trinajstić information content (AvgIpc) is 2.41. The van der Waals surface area contributed by atoms with Crippen molar-refractivity contribution in [1.29, 1.82) is 0 Å². The van der Waals surface area contributed by atoms with E-state index in [0.717, 1.165) is 22.9 Å². The van der Waals surface area contributed by atoms with E-state index in [9.17, 15) is 9.90 Å². The quantitative estimate of drug-likeness (QED) is 0.748. The van der Waals surface area contributed by atoms with Crippen LogP contribution in [-0.4, -0.2) is 30.5 Å². The molecule has 4 nitrogen and oxygen atoms in total. The first-order valence-corrected chi connectivity index (χ1v) is 7.12. The monoisotopic (exact) mass is 263 g/mol. The van der Waals surface area contributed by atoms with Gasteiger partial charge in [-0.05, 0) is 29.7 Å². The Balaban J connectivity index is 2.07. The molecule has 1 aromatic rings. The zero-order valence-electron chi connectivity index (χ0n) is 9.82. The van der Waals surface area contributed by atoms with Gasteiger partial charge in [-0.2, -0.15) is 0 Å². The number of phenolic OH excluding ortho intramolecular Hbond substituents is 1. The molecule has 0 saturated heterocycles. The van der Waals surface area contributed by atoms with Crippen molar-refractivity contribution in [1.82, 2.24) is 5.32 Å². The van der Waals surface area contributed by atoms with Crippen LogP contribution in [0.1, 0.15) is 22.3 Å². The highest BCUT2D eigenvalue weighted by molar-refractivity contribution is 7.48. The zero-order valence-corrected chi connectivity index (χ0v) is 10.8. The molecular formula is C13H14NO3P. The zero-order chi connectivity index (χ0) is 12.5. The van der Waals surface area contributed by atoms with Gasteiger partial charge in [0.25, 0.3) is 5.91 Å². The summed E-state index contributed by atoms with van der Waals surface area (Å²) in [4.78, 5) is 11.8. The number of amides is 1. The van der Waals surface area contributed by atoms with Crippen LogP contribution in [0.3, 0.4) is 0 Å². The van der Waals surface area contributed by atoms with E-state index in [1.807, 2.05) is 12.1 Å². The van der Waals surface area contributed by atoms with Gasteiger partial charge in [0.05, 0.1) is 18.8 Å². The van der Waals surface area contributed by atoms with E-state index in [-0.39, 0.29) is 11.7 Å². The minimum atomic E-state index is -0.0893. The van der Waals surface area contributed by atoms with E-state index in [0.29, 0.717) is 33.6 Å². The summed E-state index contributed by atoms with van der Waals surface area (Å²) in [6.07, 6.45) is 3.45. The van der Waals surface area contributed by atoms with E-state index in [4.69, 9.17) is 4.74 Å². The molecule has 94 valence electrons. The van der Waals surface area contributed by atoms with Gasteiger partial charge in [0, 0.05) is 11.6 Å². The Bertz CT molecular complexity index is 539. The number of benzene rings is 1. The molecule has 1 amide bonds. The first-order chi connectivity index (χ1) is 8.75. The highest BCUT2D eigenvalue weighted by atomic mass is 31.1. The molecule has 0 aromatic heterocycles. The Kier molecular flexibility index (Phi) is 3.06. The maximum atomic E-state index is 11.8. The van der Waals surface area contributed by atoms with Crippen LogP contribution >= 0.6 is 8.58 Å². The Morgan fingerprint density at radius 3 is 3.06 bits per heavy atom. The highest BCUT2D eigenvalue weighted by Crippen LogP contribution is 2.30. The smallest absolute Gasteiger partial charge is 0.252 e. The number of carbonyl (C=O) groups excluding carboxylic acids is 1. The summed E-state index contributed by atoms with van der Waals surface area (Å²) in [6, 6.07) is 3.65. The van der Waals surface area contributed by atoms with Crippen LogP contribution in [-0.2, 0) is 4.74 Å². The second kappa shape index (κ2) is 4.71. The lowest BCUT2D eigenvalue weighted by atomic mass is 9.98. The van der Waals surface area contributed by atoms with Gasteiger partial charge < -0.3 is 15.2 Å². The first-order valence-electron chi connectivity index (χ1n) is 5.92. The lowest BCUT2D eigenvalue weighted by Gasteiger charge is -2.20. The summed E-state index contributed by atoms with van der Waals surface area (Å²) in [7, 11) is 0.437. The fourth-order valence-corrected chi connectivity index (χ4v) is 3.33. The summed E-state index contributed by atoms with van der Waals surface area (Å²) in [5.74, 6) is 0.150. The summed E-state index contributed by atoms with van der Waals surface area (Å²) in [5, 5.41) is 13.7. The molecule has 0 bridgehead atoms. The van der Waals surface area contributed by atoms with Gasteiger partial charge in [-0.25, -0.2) is 0 Å². The molecule has 0 saturated carbocycles. The van der Waals surface area contributed by atoms with Crippen LogP contribution in [0.25, 0.3) is 5.57 Å². The molecular weight excluding hydrogens is 249 g/mol. The van der Waals surface area contributed by atoms with Crippen molar-refractivity contribution < 1.29 is 14.6 Å². The van der Waals surface area contributed by atoms with Crippen LogP contribution in [0.2, 0.25) is 0 Å². The van der Waals surface area contributed by atoms with Crippen molar-refractivity contribution in [3.8, 4) is 5.75 Å². The van der Waals surface area contributed by atoms with Crippen LogP contribution in [0, 0.1) is 0 Å². The van der Waals surface area contributed by atoms with Crippen molar-refractivity contribution in [2.24, 2.45) is 0 Å². The molecule has 2 aliphatic heterocycles. The van der Waals surface area contributed by atoms with E-state index in [2.05, 4.69) is 5.32 Å². The van der Waals surface area contributed by atoms with Gasteiger partial charge in [-0.1, -0.05) is 14.7 Å². The molecule has 1 aromatic carbocycles. The normalized spacial score (nSPS) is 20.2. The molecule has 0 fully saturated rings. The van der Waals surface area contributed by atoms with Crippen molar-refractivity contribution in [2.45, 2.75) is 6.42 Å². The fourth-order valence-electron chi connectivity index (χ4n) is 2.27. The Hall–Kier alpha value is -1.38. The SMILES string of the molecule is O=C1NCPc2c(O)cc(C3=CCOCC3)cc21. The summed E-state index contributed by atoms with van der Waals surface area (Å²) in [5.41, 5.74) is 2.68. The first kappa shape index (κ1) is 11.7. The van der Waals surface area contributed by atoms with E-state index < -0.39 is 0 Å². The predicted octanol–water partition coefficient (Wildman–Crippen LogP) is 1.20. The molecule has 5 heteroatoms. The second-order valence-corrected chi connectivity index (χ2v) is 5.54. The third-order valence-corrected chi connectivity index (χ3v) is 4.44. The molecule has 18 heavy (non-hydrogen) atoms. The Morgan fingerprint density at radius 2 is 2.28 bits per heavy atom. The number of rotatable bonds is 1. The van der Waals surface area contributed by atoms with Gasteiger partial charge in [0.1, 0.15) is 5.75 Å². The van der Waals surface area contributed by atoms with Gasteiger partial charge in [0.15, 0.2) is 0 Å². The van der Waals surface area contributed by atoms with Crippen molar-refractivity contribution in [3.63, 3.8) is 0 Å². The van der Waals surface area contributed by atoms with E-state index in [1.165, 1.54) is 0 Å². The predicted molar refractivity (Wildman–Crippen MR) is 71.8 cm³/mol. The number of fused-ring (bicyclic) bond motifs is 1. The summed E-state index contributed by atoms with van der Waals surface area (Å²) < 4.78 is 5.27. The molecule has 2 aliphatic rings. The van der Waals surface area contributed by atoms with Crippen LogP contribution < -0.4 is 10.6 Å². The standard InChI is InChI=1S/C13H14NO3P/c15-11-6-9(8-1-3-17-4-2-8)5-10-12(11)18-7-14-13(10)16/h1,5-6,15,18H,2-4,7H2,(H,14,16). The number of hydrogen-bond acceptors (Lipinski definition) is 3. The number of carbonyl (C=O) groups is 1. The fraction of sp³-hybridized carbons (Fsp3) is 0.308. The lowest BCUT2D eigenvalue weighted by Crippen LogP contribution is -2.32. The molecule has 0 radical (unpaired) electrons. The summed E-state index contributed by atoms with van der Waals surface area (Å²) >= 11 is 0. The Morgan fingerprint density at radius 1 is 1.39 bits per heavy atom. The maximum absolute atomic E-state index is 11.8. The Labute approximate surface area is 107 Å². The molecule has 3 rings (SSSR count). The number of ether oxygens (including phenoxy) is 1. The third-order valence-electron chi connectivity index (χ3n) is 3.21. The highest BCUT2D eigenvalue weighted by Gasteiger charge is 2.21. The van der Waals surface area contributed by atoms with Crippen LogP contribution in [0.15, 0.2) is 18.2 Å². The average molecular weight is 263 g/mol. The topological polar surface area (TPSA) is 58.6 Å². The largest absolute Gasteiger partial charge is 0.507 e. The maximum Gasteiger partial charge on any atom is 0.252 e. The van der Waals surface area contributed by atoms with Gasteiger partial charge in [0.2, 0.25) is 0 Å². The van der Waals surface area contributed by atoms with E-state index in [1.54, 1.807) is 6.07 Å². The number of nitrogens with one attached hydrogen (secondary N) is 1. The molecule has 1 atom stereocenters. The number of phenols is 1. The molecule has 1 unspecified atom stereocenters. The lowest BCUT2D eigenvalue weighted by molar-refractivity contribution is 0.0960. The molecule has 2 heterocycles. The van der Waals surface area contributed by atoms with Crippen LogP contribution in [0.4, 0.5) is 0 Å². The molecule has 2 N–H and O–H groups in total. The van der Waals surface area contributed by atoms with Crippen molar-refractivity contribution in [3.05, 3.63) is 29.3 Å². The van der Waals surface area contributed by atoms with Gasteiger partial charge in [-0.15, -0.1) is 0 Å². The minimum absolute atomic E-state index is 0.0893. The van der Waals surface area contributed by atoms with E-state index >= 15 is 0 Å². The number of aromatic hydroxyl groups is 1. The van der Waals surface area contributed by atoms with Gasteiger partial charge in [-0.3, -0.25) is 4.79 Å². The molecule has 0 aliphatic carbocycles. The number of hydrogen-bond donors (Lipinski definition) is 2. The van der Waals surface area contributed by atoms with Crippen molar-refractivity contribution >= 4 is 25.4 Å². The summed E-state index contributed by atoms with van der Waals surface area (Å²) in [6.45, 7) is 1.29. The second-order valence-electron chi connectivity index (χ2n) is 4.33. The van der Waals surface area contributed by atoms with Crippen molar-refractivity contribution in [2.75, 3.05) is 19.5 Å². The van der Waals surface area contributed by atoms with Crippen LogP contribution in [0.5, 0.6) is 5.75 Å². The van der Waals surface area contributed by atoms with Gasteiger partial charge >= 0.3 is 0 Å².